The molecule has 3 aromatic carbocycles. The van der Waals surface area contributed by atoms with Crippen LogP contribution in [0, 0.1) is 0 Å². The summed E-state index contributed by atoms with van der Waals surface area (Å²) < 4.78 is 0. The van der Waals surface area contributed by atoms with E-state index in [0.29, 0.717) is 6.04 Å². The quantitative estimate of drug-likeness (QED) is 0.518. The molecule has 0 fully saturated rings. The third-order valence-electron chi connectivity index (χ3n) is 4.52. The van der Waals surface area contributed by atoms with Gasteiger partial charge in [0.1, 0.15) is 0 Å². The Morgan fingerprint density at radius 3 is 2.33 bits per heavy atom. The van der Waals surface area contributed by atoms with E-state index < -0.39 is 0 Å². The molecule has 0 spiro atoms. The fourth-order valence-corrected chi connectivity index (χ4v) is 3.22. The minimum absolute atomic E-state index is 0.328. The van der Waals surface area contributed by atoms with Gasteiger partial charge in [0.15, 0.2) is 0 Å². The number of hydrogen-bond donors (Lipinski definition) is 2. The molecule has 1 atom stereocenters. The molecule has 0 unspecified atom stereocenters. The van der Waals surface area contributed by atoms with Crippen molar-refractivity contribution >= 4 is 23.5 Å². The first-order chi connectivity index (χ1) is 11.8. The normalized spacial score (nSPS) is 16.1. The maximum atomic E-state index is 6.25. The van der Waals surface area contributed by atoms with Crippen LogP contribution in [-0.4, -0.2) is 0 Å². The van der Waals surface area contributed by atoms with Gasteiger partial charge in [-0.15, -0.1) is 0 Å². The highest BCUT2D eigenvalue weighted by Crippen LogP contribution is 2.37. The molecule has 0 aliphatic carbocycles. The average Bonchev–Trinajstić information content (AvgIpc) is 3.04. The lowest BCUT2D eigenvalue weighted by atomic mass is 10.0. The second-order valence-corrected chi connectivity index (χ2v) is 6.19. The van der Waals surface area contributed by atoms with Gasteiger partial charge in [-0.25, -0.2) is 0 Å². The monoisotopic (exact) mass is 312 g/mol. The van der Waals surface area contributed by atoms with Crippen molar-refractivity contribution in [2.24, 2.45) is 0 Å². The van der Waals surface area contributed by atoms with E-state index in [2.05, 4.69) is 72.1 Å². The van der Waals surface area contributed by atoms with Crippen LogP contribution in [0.25, 0.3) is 12.2 Å². The Hall–Kier alpha value is -3.00. The molecule has 4 rings (SSSR count). The fourth-order valence-electron chi connectivity index (χ4n) is 3.22. The van der Waals surface area contributed by atoms with Crippen molar-refractivity contribution in [2.45, 2.75) is 12.5 Å². The number of rotatable bonds is 3. The molecular formula is C22H20N2. The van der Waals surface area contributed by atoms with E-state index in [1.807, 2.05) is 18.2 Å². The molecule has 3 aromatic rings. The summed E-state index contributed by atoms with van der Waals surface area (Å²) in [5.41, 5.74) is 13.1. The molecule has 1 aliphatic heterocycles. The zero-order chi connectivity index (χ0) is 16.4. The van der Waals surface area contributed by atoms with Crippen LogP contribution in [0.4, 0.5) is 11.4 Å². The number of fused-ring (bicyclic) bond motifs is 1. The number of anilines is 2. The van der Waals surface area contributed by atoms with Crippen molar-refractivity contribution < 1.29 is 0 Å². The molecule has 24 heavy (non-hydrogen) atoms. The Bertz CT molecular complexity index is 867. The highest BCUT2D eigenvalue weighted by molar-refractivity contribution is 5.79. The van der Waals surface area contributed by atoms with Gasteiger partial charge in [-0.2, -0.15) is 0 Å². The molecule has 1 heterocycles. The minimum atomic E-state index is 0.328. The maximum absolute atomic E-state index is 6.25. The summed E-state index contributed by atoms with van der Waals surface area (Å²) in [6.45, 7) is 0. The molecule has 3 N–H and O–H groups in total. The van der Waals surface area contributed by atoms with Gasteiger partial charge >= 0.3 is 0 Å². The highest BCUT2D eigenvalue weighted by Gasteiger charge is 2.22. The first-order valence-corrected chi connectivity index (χ1v) is 8.26. The number of nitrogen functional groups attached to an aromatic ring is 1. The van der Waals surface area contributed by atoms with Crippen molar-refractivity contribution in [3.05, 3.63) is 95.1 Å². The minimum Gasteiger partial charge on any atom is -0.398 e. The highest BCUT2D eigenvalue weighted by atomic mass is 15.0. The van der Waals surface area contributed by atoms with Gasteiger partial charge in [-0.1, -0.05) is 72.8 Å². The van der Waals surface area contributed by atoms with Crippen LogP contribution < -0.4 is 11.1 Å². The first-order valence-electron chi connectivity index (χ1n) is 8.26. The molecule has 0 amide bonds. The maximum Gasteiger partial charge on any atom is 0.0555 e. The third kappa shape index (κ3) is 2.91. The van der Waals surface area contributed by atoms with Crippen LogP contribution >= 0.6 is 0 Å². The molecule has 2 heteroatoms. The van der Waals surface area contributed by atoms with Gasteiger partial charge in [-0.05, 0) is 40.8 Å². The summed E-state index contributed by atoms with van der Waals surface area (Å²) >= 11 is 0. The summed E-state index contributed by atoms with van der Waals surface area (Å²) in [5, 5.41) is 3.59. The Balaban J connectivity index is 1.60. The molecule has 0 saturated carbocycles. The van der Waals surface area contributed by atoms with Gasteiger partial charge in [-0.3, -0.25) is 0 Å². The van der Waals surface area contributed by atoms with E-state index >= 15 is 0 Å². The zero-order valence-corrected chi connectivity index (χ0v) is 13.4. The van der Waals surface area contributed by atoms with E-state index in [1.54, 1.807) is 0 Å². The van der Waals surface area contributed by atoms with E-state index in [-0.39, 0.29) is 0 Å². The number of hydrogen-bond acceptors (Lipinski definition) is 2. The summed E-state index contributed by atoms with van der Waals surface area (Å²) in [5.74, 6) is 0. The van der Waals surface area contributed by atoms with E-state index in [9.17, 15) is 0 Å². The number of nitrogens with two attached hydrogens (primary N) is 1. The molecule has 0 radical (unpaired) electrons. The SMILES string of the molecule is Nc1cc2c(cc1/C=C\c1ccccc1)C[C@@H](c1ccccc1)N2. The van der Waals surface area contributed by atoms with E-state index in [0.717, 1.165) is 23.4 Å². The summed E-state index contributed by atoms with van der Waals surface area (Å²) in [6, 6.07) is 25.4. The Morgan fingerprint density at radius 2 is 1.58 bits per heavy atom. The van der Waals surface area contributed by atoms with Gasteiger partial charge < -0.3 is 11.1 Å². The molecule has 2 nitrogen and oxygen atoms in total. The molecule has 0 bridgehead atoms. The first kappa shape index (κ1) is 14.6. The van der Waals surface area contributed by atoms with Gasteiger partial charge in [0.25, 0.3) is 0 Å². The van der Waals surface area contributed by atoms with Gasteiger partial charge in [0.2, 0.25) is 0 Å². The van der Waals surface area contributed by atoms with Crippen molar-refractivity contribution in [3.8, 4) is 0 Å². The van der Waals surface area contributed by atoms with Crippen LogP contribution in [0.2, 0.25) is 0 Å². The van der Waals surface area contributed by atoms with Crippen molar-refractivity contribution in [1.29, 1.82) is 0 Å². The summed E-state index contributed by atoms with van der Waals surface area (Å²) in [4.78, 5) is 0. The predicted molar refractivity (Wildman–Crippen MR) is 103 cm³/mol. The third-order valence-corrected chi connectivity index (χ3v) is 4.52. The van der Waals surface area contributed by atoms with Crippen LogP contribution in [-0.2, 0) is 6.42 Å². The Kier molecular flexibility index (Phi) is 3.80. The average molecular weight is 312 g/mol. The largest absolute Gasteiger partial charge is 0.398 e. The molecule has 0 aromatic heterocycles. The lowest BCUT2D eigenvalue weighted by Gasteiger charge is -2.11. The van der Waals surface area contributed by atoms with Gasteiger partial charge in [0.05, 0.1) is 6.04 Å². The lowest BCUT2D eigenvalue weighted by molar-refractivity contribution is 0.824. The van der Waals surface area contributed by atoms with Crippen LogP contribution in [0.1, 0.15) is 28.3 Å². The second kappa shape index (κ2) is 6.25. The molecule has 1 aliphatic rings. The van der Waals surface area contributed by atoms with Crippen LogP contribution in [0.15, 0.2) is 72.8 Å². The van der Waals surface area contributed by atoms with Crippen LogP contribution in [0.5, 0.6) is 0 Å². The lowest BCUT2D eigenvalue weighted by Crippen LogP contribution is -2.04. The molecular weight excluding hydrogens is 292 g/mol. The predicted octanol–water partition coefficient (Wildman–Crippen LogP) is 5.15. The zero-order valence-electron chi connectivity index (χ0n) is 13.4. The fraction of sp³-hybridized carbons (Fsp3) is 0.0909. The van der Waals surface area contributed by atoms with E-state index in [1.165, 1.54) is 16.7 Å². The van der Waals surface area contributed by atoms with Crippen molar-refractivity contribution in [1.82, 2.24) is 0 Å². The van der Waals surface area contributed by atoms with Crippen LogP contribution in [0.3, 0.4) is 0 Å². The smallest absolute Gasteiger partial charge is 0.0555 e. The van der Waals surface area contributed by atoms with Crippen molar-refractivity contribution in [3.63, 3.8) is 0 Å². The molecule has 0 saturated heterocycles. The Labute approximate surface area is 142 Å². The molecule has 118 valence electrons. The summed E-state index contributed by atoms with van der Waals surface area (Å²) in [7, 11) is 0. The standard InChI is InChI=1S/C22H20N2/c23-20-15-22-19(14-21(24-22)17-9-5-2-6-10-17)13-18(20)12-11-16-7-3-1-4-8-16/h1-13,15,21,24H,14,23H2/b12-11-/t21-/m0/s1. The number of nitrogens with one attached hydrogen (secondary N) is 1. The summed E-state index contributed by atoms with van der Waals surface area (Å²) in [6.07, 6.45) is 5.20. The Morgan fingerprint density at radius 1 is 0.875 bits per heavy atom. The topological polar surface area (TPSA) is 38.0 Å². The van der Waals surface area contributed by atoms with E-state index in [4.69, 9.17) is 5.73 Å². The number of benzene rings is 3. The van der Waals surface area contributed by atoms with Crippen molar-refractivity contribution in [2.75, 3.05) is 11.1 Å². The van der Waals surface area contributed by atoms with Gasteiger partial charge in [0, 0.05) is 11.4 Å². The second-order valence-electron chi connectivity index (χ2n) is 6.19.